The average molecular weight is 266 g/mol. The Balaban J connectivity index is 2.98. The van der Waals surface area contributed by atoms with E-state index in [0.717, 1.165) is 6.07 Å². The van der Waals surface area contributed by atoms with Gasteiger partial charge in [-0.2, -0.15) is 0 Å². The zero-order valence-corrected chi connectivity index (χ0v) is 10.5. The highest BCUT2D eigenvalue weighted by molar-refractivity contribution is 5.98. The first-order valence-corrected chi connectivity index (χ1v) is 5.60. The number of aliphatic carboxylic acids is 1. The van der Waals surface area contributed by atoms with Crippen LogP contribution >= 0.6 is 0 Å². The second-order valence-electron chi connectivity index (χ2n) is 4.25. The molecule has 0 fully saturated rings. The Labute approximate surface area is 109 Å². The number of rotatable bonds is 5. The molecule has 0 aliphatic rings. The van der Waals surface area contributed by atoms with Gasteiger partial charge in [-0.05, 0) is 19.4 Å². The highest BCUT2D eigenvalue weighted by atomic mass is 16.6. The molecule has 0 bridgehead atoms. The Morgan fingerprint density at radius 2 is 2.11 bits per heavy atom. The summed E-state index contributed by atoms with van der Waals surface area (Å²) < 4.78 is 0. The van der Waals surface area contributed by atoms with Crippen LogP contribution in [0.15, 0.2) is 24.3 Å². The quantitative estimate of drug-likeness (QED) is 0.621. The maximum atomic E-state index is 11.9. The molecule has 0 heterocycles. The van der Waals surface area contributed by atoms with Crippen molar-refractivity contribution < 1.29 is 19.6 Å². The molecule has 0 aliphatic carbocycles. The molecule has 1 atom stereocenters. The van der Waals surface area contributed by atoms with Gasteiger partial charge in [-0.25, -0.2) is 4.79 Å². The monoisotopic (exact) mass is 266 g/mol. The first-order chi connectivity index (χ1) is 8.80. The van der Waals surface area contributed by atoms with Crippen molar-refractivity contribution in [2.45, 2.75) is 25.8 Å². The highest BCUT2D eigenvalue weighted by Gasteiger charge is 2.33. The number of hydrogen-bond donors (Lipinski definition) is 2. The normalized spacial score (nSPS) is 13.4. The SMILES string of the molecule is CCC(C)(NC(=O)c1cccc([N+](=O)[O-])c1)C(=O)O. The molecule has 1 rings (SSSR count). The van der Waals surface area contributed by atoms with Crippen LogP contribution in [0.25, 0.3) is 0 Å². The lowest BCUT2D eigenvalue weighted by atomic mass is 9.98. The molecule has 1 aromatic carbocycles. The van der Waals surface area contributed by atoms with Crippen molar-refractivity contribution in [3.05, 3.63) is 39.9 Å². The van der Waals surface area contributed by atoms with Gasteiger partial charge in [0, 0.05) is 17.7 Å². The number of nitro benzene ring substituents is 1. The van der Waals surface area contributed by atoms with E-state index >= 15 is 0 Å². The fraction of sp³-hybridized carbons (Fsp3) is 0.333. The number of nitro groups is 1. The minimum Gasteiger partial charge on any atom is -0.480 e. The van der Waals surface area contributed by atoms with Gasteiger partial charge < -0.3 is 10.4 Å². The Bertz CT molecular complexity index is 529. The van der Waals surface area contributed by atoms with Gasteiger partial charge in [-0.15, -0.1) is 0 Å². The van der Waals surface area contributed by atoms with Gasteiger partial charge in [0.2, 0.25) is 0 Å². The van der Waals surface area contributed by atoms with Crippen LogP contribution in [0.5, 0.6) is 0 Å². The van der Waals surface area contributed by atoms with E-state index in [-0.39, 0.29) is 17.7 Å². The summed E-state index contributed by atoms with van der Waals surface area (Å²) in [6.07, 6.45) is 0.197. The molecule has 1 aromatic rings. The average Bonchev–Trinajstić information content (AvgIpc) is 2.38. The molecule has 0 radical (unpaired) electrons. The number of carboxylic acids is 1. The molecule has 2 N–H and O–H groups in total. The predicted molar refractivity (Wildman–Crippen MR) is 66.9 cm³/mol. The Kier molecular flexibility index (Phi) is 4.21. The van der Waals surface area contributed by atoms with Gasteiger partial charge in [0.25, 0.3) is 11.6 Å². The molecule has 7 heteroatoms. The maximum absolute atomic E-state index is 11.9. The van der Waals surface area contributed by atoms with Gasteiger partial charge in [-0.1, -0.05) is 13.0 Å². The fourth-order valence-corrected chi connectivity index (χ4v) is 1.38. The van der Waals surface area contributed by atoms with E-state index < -0.39 is 22.3 Å². The summed E-state index contributed by atoms with van der Waals surface area (Å²) in [4.78, 5) is 33.0. The van der Waals surface area contributed by atoms with Crippen LogP contribution in [0, 0.1) is 10.1 Å². The fourth-order valence-electron chi connectivity index (χ4n) is 1.38. The third-order valence-corrected chi connectivity index (χ3v) is 2.89. The molecule has 0 spiro atoms. The van der Waals surface area contributed by atoms with Crippen LogP contribution in [-0.2, 0) is 4.79 Å². The highest BCUT2D eigenvalue weighted by Crippen LogP contribution is 2.15. The first kappa shape index (κ1) is 14.6. The summed E-state index contributed by atoms with van der Waals surface area (Å²) in [7, 11) is 0. The number of carbonyl (C=O) groups is 2. The molecule has 1 amide bonds. The van der Waals surface area contributed by atoms with Crippen LogP contribution in [0.2, 0.25) is 0 Å². The second kappa shape index (κ2) is 5.47. The third kappa shape index (κ3) is 3.27. The van der Waals surface area contributed by atoms with Crippen LogP contribution < -0.4 is 5.32 Å². The van der Waals surface area contributed by atoms with Crippen molar-refractivity contribution in [1.82, 2.24) is 5.32 Å². The maximum Gasteiger partial charge on any atom is 0.329 e. The molecule has 1 unspecified atom stereocenters. The summed E-state index contributed by atoms with van der Waals surface area (Å²) in [5.74, 6) is -1.82. The zero-order valence-electron chi connectivity index (χ0n) is 10.5. The predicted octanol–water partition coefficient (Wildman–Crippen LogP) is 1.58. The number of nitrogens with one attached hydrogen (secondary N) is 1. The number of non-ortho nitro benzene ring substituents is 1. The number of carboxylic acid groups (broad SMARTS) is 1. The van der Waals surface area contributed by atoms with Crippen LogP contribution in [0.4, 0.5) is 5.69 Å². The van der Waals surface area contributed by atoms with E-state index in [2.05, 4.69) is 5.32 Å². The summed E-state index contributed by atoms with van der Waals surface area (Å²) in [6.45, 7) is 3.01. The van der Waals surface area contributed by atoms with Gasteiger partial charge in [0.05, 0.1) is 4.92 Å². The largest absolute Gasteiger partial charge is 0.480 e. The van der Waals surface area contributed by atoms with Crippen molar-refractivity contribution in [2.24, 2.45) is 0 Å². The first-order valence-electron chi connectivity index (χ1n) is 5.60. The molecular formula is C12H14N2O5. The summed E-state index contributed by atoms with van der Waals surface area (Å²) in [5, 5.41) is 22.0. The standard InChI is InChI=1S/C12H14N2O5/c1-3-12(2,11(16)17)13-10(15)8-5-4-6-9(7-8)14(18)19/h4-7H,3H2,1-2H3,(H,13,15)(H,16,17). The van der Waals surface area contributed by atoms with E-state index in [1.54, 1.807) is 6.92 Å². The van der Waals surface area contributed by atoms with Gasteiger partial charge >= 0.3 is 5.97 Å². The number of hydrogen-bond acceptors (Lipinski definition) is 4. The van der Waals surface area contributed by atoms with E-state index in [4.69, 9.17) is 5.11 Å². The minimum absolute atomic E-state index is 0.0510. The summed E-state index contributed by atoms with van der Waals surface area (Å²) in [6, 6.07) is 5.12. The minimum atomic E-state index is -1.40. The van der Waals surface area contributed by atoms with Crippen molar-refractivity contribution in [3.63, 3.8) is 0 Å². The Morgan fingerprint density at radius 1 is 1.47 bits per heavy atom. The lowest BCUT2D eigenvalue weighted by Crippen LogP contribution is -2.51. The van der Waals surface area contributed by atoms with Crippen molar-refractivity contribution in [2.75, 3.05) is 0 Å². The van der Waals surface area contributed by atoms with E-state index in [0.29, 0.717) is 0 Å². The smallest absolute Gasteiger partial charge is 0.329 e. The summed E-state index contributed by atoms with van der Waals surface area (Å²) in [5.41, 5.74) is -1.57. The second-order valence-corrected chi connectivity index (χ2v) is 4.25. The van der Waals surface area contributed by atoms with Crippen molar-refractivity contribution in [1.29, 1.82) is 0 Å². The molecule has 19 heavy (non-hydrogen) atoms. The van der Waals surface area contributed by atoms with Gasteiger partial charge in [0.1, 0.15) is 5.54 Å². The van der Waals surface area contributed by atoms with Gasteiger partial charge in [-0.3, -0.25) is 14.9 Å². The molecule has 0 aromatic heterocycles. The van der Waals surface area contributed by atoms with Crippen molar-refractivity contribution in [3.8, 4) is 0 Å². The van der Waals surface area contributed by atoms with Crippen LogP contribution in [0.1, 0.15) is 30.6 Å². The molecule has 102 valence electrons. The zero-order chi connectivity index (χ0) is 14.6. The molecular weight excluding hydrogens is 252 g/mol. The Morgan fingerprint density at radius 3 is 2.58 bits per heavy atom. The van der Waals surface area contributed by atoms with E-state index in [1.807, 2.05) is 0 Å². The molecule has 0 saturated carbocycles. The lowest BCUT2D eigenvalue weighted by Gasteiger charge is -2.24. The molecule has 7 nitrogen and oxygen atoms in total. The number of carbonyl (C=O) groups excluding carboxylic acids is 1. The molecule has 0 aliphatic heterocycles. The number of amides is 1. The topological polar surface area (TPSA) is 110 Å². The third-order valence-electron chi connectivity index (χ3n) is 2.89. The van der Waals surface area contributed by atoms with Crippen LogP contribution in [-0.4, -0.2) is 27.4 Å². The Hall–Kier alpha value is -2.44. The number of nitrogens with zero attached hydrogens (tertiary/aromatic N) is 1. The van der Waals surface area contributed by atoms with Crippen LogP contribution in [0.3, 0.4) is 0 Å². The van der Waals surface area contributed by atoms with Crippen molar-refractivity contribution >= 4 is 17.6 Å². The summed E-state index contributed by atoms with van der Waals surface area (Å²) >= 11 is 0. The van der Waals surface area contributed by atoms with Gasteiger partial charge in [0.15, 0.2) is 0 Å². The molecule has 0 saturated heterocycles. The number of benzene rings is 1. The van der Waals surface area contributed by atoms with E-state index in [1.165, 1.54) is 25.1 Å². The van der Waals surface area contributed by atoms with E-state index in [9.17, 15) is 19.7 Å². The lowest BCUT2D eigenvalue weighted by molar-refractivity contribution is -0.384.